The van der Waals surface area contributed by atoms with Crippen LogP contribution in [0.1, 0.15) is 63.5 Å². The smallest absolute Gasteiger partial charge is 0.243 e. The Kier molecular flexibility index (Phi) is 7.41. The molecular formula is C26H33FN2O. The summed E-state index contributed by atoms with van der Waals surface area (Å²) in [6.07, 6.45) is 14.5. The fraction of sp³-hybridized carbons (Fsp3) is 0.462. The van der Waals surface area contributed by atoms with Gasteiger partial charge in [0.15, 0.2) is 0 Å². The maximum atomic E-state index is 13.9. The van der Waals surface area contributed by atoms with E-state index in [0.29, 0.717) is 6.54 Å². The van der Waals surface area contributed by atoms with Gasteiger partial charge in [-0.25, -0.2) is 4.39 Å². The van der Waals surface area contributed by atoms with Gasteiger partial charge < -0.3 is 5.32 Å². The molecule has 160 valence electrons. The lowest BCUT2D eigenvalue weighted by atomic mass is 9.66. The number of allylic oxidation sites excluding steroid dienone is 1. The molecule has 1 saturated carbocycles. The number of nitrogens with zero attached hydrogens (tertiary/aromatic N) is 1. The topological polar surface area (TPSA) is 42.0 Å². The summed E-state index contributed by atoms with van der Waals surface area (Å²) in [5.41, 5.74) is 2.04. The van der Waals surface area contributed by atoms with Crippen molar-refractivity contribution in [2.75, 3.05) is 6.54 Å². The summed E-state index contributed by atoms with van der Waals surface area (Å²) in [4.78, 5) is 16.5. The molecule has 3 nitrogen and oxygen atoms in total. The minimum atomic E-state index is -0.196. The van der Waals surface area contributed by atoms with Gasteiger partial charge in [0, 0.05) is 24.4 Å². The van der Waals surface area contributed by atoms with Gasteiger partial charge >= 0.3 is 0 Å². The molecule has 1 fully saturated rings. The summed E-state index contributed by atoms with van der Waals surface area (Å²) in [7, 11) is 0. The second kappa shape index (κ2) is 10.0. The number of pyridine rings is 1. The fourth-order valence-electron chi connectivity index (χ4n) is 4.56. The van der Waals surface area contributed by atoms with E-state index in [1.165, 1.54) is 11.6 Å². The van der Waals surface area contributed by atoms with Crippen LogP contribution in [0, 0.1) is 11.2 Å². The van der Waals surface area contributed by atoms with Crippen molar-refractivity contribution in [1.82, 2.24) is 10.3 Å². The van der Waals surface area contributed by atoms with E-state index >= 15 is 0 Å². The van der Waals surface area contributed by atoms with Crippen LogP contribution in [0.5, 0.6) is 0 Å². The van der Waals surface area contributed by atoms with Crippen molar-refractivity contribution >= 4 is 5.91 Å². The van der Waals surface area contributed by atoms with E-state index in [0.717, 1.165) is 50.5 Å². The summed E-state index contributed by atoms with van der Waals surface area (Å²) in [5.74, 6) is -0.237. The molecule has 4 heteroatoms. The zero-order valence-corrected chi connectivity index (χ0v) is 18.2. The number of carbonyl (C=O) groups excluding carboxylic acids is 1. The van der Waals surface area contributed by atoms with Crippen molar-refractivity contribution < 1.29 is 9.18 Å². The number of aromatic nitrogens is 1. The van der Waals surface area contributed by atoms with Gasteiger partial charge in [-0.2, -0.15) is 0 Å². The Morgan fingerprint density at radius 1 is 1.27 bits per heavy atom. The van der Waals surface area contributed by atoms with Crippen LogP contribution in [0.2, 0.25) is 0 Å². The van der Waals surface area contributed by atoms with Crippen LogP contribution in [0.4, 0.5) is 4.39 Å². The number of hydrogen-bond donors (Lipinski definition) is 1. The Labute approximate surface area is 179 Å². The lowest BCUT2D eigenvalue weighted by Crippen LogP contribution is -2.33. The van der Waals surface area contributed by atoms with Crippen LogP contribution >= 0.6 is 0 Å². The Morgan fingerprint density at radius 3 is 2.77 bits per heavy atom. The highest BCUT2D eigenvalue weighted by atomic mass is 19.1. The average molecular weight is 409 g/mol. The summed E-state index contributed by atoms with van der Waals surface area (Å²) in [5, 5.41) is 3.00. The monoisotopic (exact) mass is 408 g/mol. The van der Waals surface area contributed by atoms with Crippen LogP contribution in [-0.2, 0) is 16.6 Å². The van der Waals surface area contributed by atoms with E-state index in [-0.39, 0.29) is 22.6 Å². The Morgan fingerprint density at radius 2 is 2.10 bits per heavy atom. The number of nitrogens with one attached hydrogen (secondary N) is 1. The molecule has 1 heterocycles. The van der Waals surface area contributed by atoms with Crippen molar-refractivity contribution in [3.8, 4) is 0 Å². The Bertz CT molecular complexity index is 860. The average Bonchev–Trinajstić information content (AvgIpc) is 3.55. The number of carbonyl (C=O) groups is 1. The van der Waals surface area contributed by atoms with Crippen molar-refractivity contribution in [3.63, 3.8) is 0 Å². The van der Waals surface area contributed by atoms with Crippen LogP contribution in [0.25, 0.3) is 0 Å². The van der Waals surface area contributed by atoms with Gasteiger partial charge in [0.25, 0.3) is 0 Å². The number of halogens is 1. The quantitative estimate of drug-likeness (QED) is 0.380. The SMILES string of the molecule is CCCC(C)(c1cccc(F)c1)C1(/C=C/C(=O)NCCCCc2cccnc2)CC1. The largest absolute Gasteiger partial charge is 0.353 e. The van der Waals surface area contributed by atoms with Gasteiger partial charge in [0.1, 0.15) is 5.82 Å². The standard InChI is InChI=1S/C26H33FN2O/c1-3-13-25(2,22-10-6-11-23(27)19-22)26(15-16-26)14-12-24(30)29-18-5-4-8-21-9-7-17-28-20-21/h6-7,9-12,14,17,19-20H,3-5,8,13,15-16,18H2,1-2H3,(H,29,30)/b14-12+. The minimum absolute atomic E-state index is 0.0410. The molecule has 0 aliphatic heterocycles. The predicted octanol–water partition coefficient (Wildman–Crippen LogP) is 5.75. The maximum absolute atomic E-state index is 13.9. The summed E-state index contributed by atoms with van der Waals surface area (Å²) in [6.45, 7) is 5.06. The molecule has 0 saturated heterocycles. The van der Waals surface area contributed by atoms with Gasteiger partial charge in [-0.1, -0.05) is 44.5 Å². The highest BCUT2D eigenvalue weighted by molar-refractivity contribution is 5.87. The molecule has 1 aromatic heterocycles. The van der Waals surface area contributed by atoms with Gasteiger partial charge in [0.05, 0.1) is 0 Å². The van der Waals surface area contributed by atoms with Crippen molar-refractivity contribution in [2.24, 2.45) is 5.41 Å². The first-order valence-corrected chi connectivity index (χ1v) is 11.1. The third-order valence-electron chi connectivity index (χ3n) is 6.57. The van der Waals surface area contributed by atoms with Gasteiger partial charge in [0.2, 0.25) is 5.91 Å². The molecule has 0 spiro atoms. The maximum Gasteiger partial charge on any atom is 0.243 e. The highest BCUT2D eigenvalue weighted by Crippen LogP contribution is 2.62. The zero-order valence-electron chi connectivity index (χ0n) is 18.2. The molecule has 1 amide bonds. The summed E-state index contributed by atoms with van der Waals surface area (Å²) < 4.78 is 13.9. The van der Waals surface area contributed by atoms with E-state index < -0.39 is 0 Å². The first kappa shape index (κ1) is 22.2. The summed E-state index contributed by atoms with van der Waals surface area (Å²) >= 11 is 0. The number of amides is 1. The van der Waals surface area contributed by atoms with E-state index in [2.05, 4.69) is 36.3 Å². The number of hydrogen-bond acceptors (Lipinski definition) is 2. The van der Waals surface area contributed by atoms with Gasteiger partial charge in [-0.05, 0) is 79.3 Å². The van der Waals surface area contributed by atoms with Crippen LogP contribution < -0.4 is 5.32 Å². The van der Waals surface area contributed by atoms with Gasteiger partial charge in [-0.15, -0.1) is 0 Å². The molecular weight excluding hydrogens is 375 g/mol. The van der Waals surface area contributed by atoms with Crippen molar-refractivity contribution in [2.45, 2.75) is 64.2 Å². The molecule has 3 rings (SSSR count). The van der Waals surface area contributed by atoms with Crippen LogP contribution in [-0.4, -0.2) is 17.4 Å². The number of aryl methyl sites for hydroxylation is 1. The lowest BCUT2D eigenvalue weighted by molar-refractivity contribution is -0.116. The van der Waals surface area contributed by atoms with Gasteiger partial charge in [-0.3, -0.25) is 9.78 Å². The second-order valence-electron chi connectivity index (χ2n) is 8.69. The Hall–Kier alpha value is -2.49. The molecule has 2 aromatic rings. The zero-order chi connectivity index (χ0) is 21.5. The highest BCUT2D eigenvalue weighted by Gasteiger charge is 2.55. The molecule has 30 heavy (non-hydrogen) atoms. The Balaban J connectivity index is 1.53. The lowest BCUT2D eigenvalue weighted by Gasteiger charge is -2.37. The van der Waals surface area contributed by atoms with E-state index in [4.69, 9.17) is 0 Å². The van der Waals surface area contributed by atoms with E-state index in [1.807, 2.05) is 18.3 Å². The molecule has 1 aliphatic rings. The molecule has 1 atom stereocenters. The number of unbranched alkanes of at least 4 members (excludes halogenated alkanes) is 1. The molecule has 1 aliphatic carbocycles. The second-order valence-corrected chi connectivity index (χ2v) is 8.69. The third-order valence-corrected chi connectivity index (χ3v) is 6.57. The van der Waals surface area contributed by atoms with E-state index in [9.17, 15) is 9.18 Å². The molecule has 1 unspecified atom stereocenters. The number of rotatable bonds is 11. The normalized spacial score (nSPS) is 16.9. The molecule has 0 radical (unpaired) electrons. The first-order chi connectivity index (χ1) is 14.5. The van der Waals surface area contributed by atoms with Crippen molar-refractivity contribution in [1.29, 1.82) is 0 Å². The third kappa shape index (κ3) is 5.35. The predicted molar refractivity (Wildman–Crippen MR) is 120 cm³/mol. The fourth-order valence-corrected chi connectivity index (χ4v) is 4.56. The number of benzene rings is 1. The van der Waals surface area contributed by atoms with Crippen molar-refractivity contribution in [3.05, 3.63) is 77.9 Å². The molecule has 1 N–H and O–H groups in total. The molecule has 1 aromatic carbocycles. The molecule has 0 bridgehead atoms. The van der Waals surface area contributed by atoms with Crippen LogP contribution in [0.3, 0.4) is 0 Å². The summed E-state index contributed by atoms with van der Waals surface area (Å²) in [6, 6.07) is 11.0. The minimum Gasteiger partial charge on any atom is -0.353 e. The first-order valence-electron chi connectivity index (χ1n) is 11.1. The van der Waals surface area contributed by atoms with Crippen LogP contribution in [0.15, 0.2) is 60.9 Å². The van der Waals surface area contributed by atoms with E-state index in [1.54, 1.807) is 24.4 Å².